The van der Waals surface area contributed by atoms with Gasteiger partial charge in [-0.25, -0.2) is 4.79 Å². The van der Waals surface area contributed by atoms with E-state index in [0.717, 1.165) is 17.9 Å². The number of urea groups is 1. The topological polar surface area (TPSA) is 49.4 Å². The number of carbonyl (C=O) groups is 2. The predicted octanol–water partition coefficient (Wildman–Crippen LogP) is 2.02. The first-order valence-corrected chi connectivity index (χ1v) is 6.97. The van der Waals surface area contributed by atoms with Crippen molar-refractivity contribution in [3.8, 4) is 0 Å². The third kappa shape index (κ3) is 3.77. The molecule has 0 aromatic heterocycles. The molecule has 96 valence electrons. The lowest BCUT2D eigenvalue weighted by Gasteiger charge is -2.15. The molecule has 5 heteroatoms. The van der Waals surface area contributed by atoms with Crippen LogP contribution in [-0.4, -0.2) is 40.4 Å². The van der Waals surface area contributed by atoms with Gasteiger partial charge in [-0.1, -0.05) is 12.2 Å². The van der Waals surface area contributed by atoms with Gasteiger partial charge in [-0.2, -0.15) is 11.8 Å². The van der Waals surface area contributed by atoms with E-state index in [-0.39, 0.29) is 11.9 Å². The first-order valence-electron chi connectivity index (χ1n) is 5.82. The van der Waals surface area contributed by atoms with E-state index in [4.69, 9.17) is 0 Å². The van der Waals surface area contributed by atoms with E-state index in [9.17, 15) is 9.59 Å². The number of amides is 3. The van der Waals surface area contributed by atoms with E-state index in [1.165, 1.54) is 4.90 Å². The Balaban J connectivity index is 2.28. The van der Waals surface area contributed by atoms with E-state index in [0.29, 0.717) is 6.54 Å². The Bertz CT molecular complexity index is 326. The first-order chi connectivity index (χ1) is 7.99. The second kappa shape index (κ2) is 6.10. The maximum atomic E-state index is 11.8. The molecule has 0 bridgehead atoms. The number of imide groups is 1. The second-order valence-corrected chi connectivity index (χ2v) is 5.66. The minimum atomic E-state index is -0.741. The lowest BCUT2D eigenvalue weighted by Crippen LogP contribution is -2.40. The van der Waals surface area contributed by atoms with E-state index in [1.54, 1.807) is 13.8 Å². The smallest absolute Gasteiger partial charge is 0.324 e. The van der Waals surface area contributed by atoms with Gasteiger partial charge < -0.3 is 5.32 Å². The fourth-order valence-corrected chi connectivity index (χ4v) is 2.42. The van der Waals surface area contributed by atoms with E-state index in [1.807, 2.05) is 24.8 Å². The average Bonchev–Trinajstić information content (AvgIpc) is 2.44. The Labute approximate surface area is 107 Å². The van der Waals surface area contributed by atoms with Crippen molar-refractivity contribution >= 4 is 23.7 Å². The highest BCUT2D eigenvalue weighted by atomic mass is 32.2. The maximum absolute atomic E-state index is 11.8. The van der Waals surface area contributed by atoms with Crippen LogP contribution in [-0.2, 0) is 4.79 Å². The summed E-state index contributed by atoms with van der Waals surface area (Å²) in [7, 11) is 0. The molecule has 0 aromatic carbocycles. The van der Waals surface area contributed by atoms with Crippen LogP contribution in [0.4, 0.5) is 4.79 Å². The summed E-state index contributed by atoms with van der Waals surface area (Å²) in [5.74, 6) is 1.82. The van der Waals surface area contributed by atoms with Crippen molar-refractivity contribution in [1.82, 2.24) is 10.2 Å². The molecule has 0 unspecified atom stereocenters. The number of allylic oxidation sites excluding steroid dienone is 1. The molecule has 1 heterocycles. The third-order valence-electron chi connectivity index (χ3n) is 2.56. The Hall–Kier alpha value is -0.970. The SMILES string of the molecule is C/C=C/CSCCCN1C(=O)NC(C)(C)C1=O. The number of hydrogen-bond donors (Lipinski definition) is 1. The van der Waals surface area contributed by atoms with Crippen molar-refractivity contribution in [2.24, 2.45) is 0 Å². The monoisotopic (exact) mass is 256 g/mol. The third-order valence-corrected chi connectivity index (χ3v) is 3.57. The summed E-state index contributed by atoms with van der Waals surface area (Å²) in [6.07, 6.45) is 4.96. The quantitative estimate of drug-likeness (QED) is 0.449. The second-order valence-electron chi connectivity index (χ2n) is 4.51. The molecule has 0 atom stereocenters. The molecule has 1 fully saturated rings. The normalized spacial score (nSPS) is 19.1. The summed E-state index contributed by atoms with van der Waals surface area (Å²) in [4.78, 5) is 24.7. The van der Waals surface area contributed by atoms with Gasteiger partial charge in [-0.3, -0.25) is 9.69 Å². The molecule has 4 nitrogen and oxygen atoms in total. The van der Waals surface area contributed by atoms with Gasteiger partial charge in [-0.15, -0.1) is 0 Å². The number of carbonyl (C=O) groups excluding carboxylic acids is 2. The Morgan fingerprint density at radius 3 is 2.65 bits per heavy atom. The zero-order valence-electron chi connectivity index (χ0n) is 10.7. The van der Waals surface area contributed by atoms with Crippen LogP contribution in [0.2, 0.25) is 0 Å². The van der Waals surface area contributed by atoms with Gasteiger partial charge in [0, 0.05) is 12.3 Å². The van der Waals surface area contributed by atoms with Crippen molar-refractivity contribution in [3.63, 3.8) is 0 Å². The van der Waals surface area contributed by atoms with Crippen molar-refractivity contribution in [1.29, 1.82) is 0 Å². The van der Waals surface area contributed by atoms with Gasteiger partial charge in [-0.05, 0) is 32.9 Å². The van der Waals surface area contributed by atoms with Gasteiger partial charge in [0.15, 0.2) is 0 Å². The molecular weight excluding hydrogens is 236 g/mol. The highest BCUT2D eigenvalue weighted by Gasteiger charge is 2.43. The standard InChI is InChI=1S/C12H20N2O2S/c1-4-5-8-17-9-6-7-14-10(15)12(2,3)13-11(14)16/h4-5H,6-9H2,1-3H3,(H,13,16)/b5-4+. The zero-order chi connectivity index (χ0) is 12.9. The molecular formula is C12H20N2O2S. The number of thioether (sulfide) groups is 1. The highest BCUT2D eigenvalue weighted by molar-refractivity contribution is 7.99. The average molecular weight is 256 g/mol. The predicted molar refractivity (Wildman–Crippen MR) is 71.1 cm³/mol. The van der Waals surface area contributed by atoms with Crippen LogP contribution in [0.3, 0.4) is 0 Å². The van der Waals surface area contributed by atoms with Gasteiger partial charge in [0.05, 0.1) is 0 Å². The van der Waals surface area contributed by atoms with Crippen LogP contribution in [0.25, 0.3) is 0 Å². The minimum absolute atomic E-state index is 0.124. The van der Waals surface area contributed by atoms with Gasteiger partial charge >= 0.3 is 6.03 Å². The van der Waals surface area contributed by atoms with Crippen molar-refractivity contribution < 1.29 is 9.59 Å². The minimum Gasteiger partial charge on any atom is -0.324 e. The molecule has 1 aliphatic heterocycles. The number of nitrogens with one attached hydrogen (secondary N) is 1. The lowest BCUT2D eigenvalue weighted by atomic mass is 10.1. The van der Waals surface area contributed by atoms with Crippen LogP contribution >= 0.6 is 11.8 Å². The van der Waals surface area contributed by atoms with Crippen molar-refractivity contribution in [2.75, 3.05) is 18.1 Å². The number of rotatable bonds is 6. The highest BCUT2D eigenvalue weighted by Crippen LogP contribution is 2.17. The largest absolute Gasteiger partial charge is 0.325 e. The van der Waals surface area contributed by atoms with Crippen molar-refractivity contribution in [3.05, 3.63) is 12.2 Å². The zero-order valence-corrected chi connectivity index (χ0v) is 11.5. The molecule has 1 aliphatic rings. The lowest BCUT2D eigenvalue weighted by molar-refractivity contribution is -0.130. The van der Waals surface area contributed by atoms with Crippen LogP contribution < -0.4 is 5.32 Å². The molecule has 1 rings (SSSR count). The molecule has 0 aromatic rings. The summed E-state index contributed by atoms with van der Waals surface area (Å²) in [6, 6.07) is -0.265. The molecule has 0 radical (unpaired) electrons. The summed E-state index contributed by atoms with van der Waals surface area (Å²) >= 11 is 1.81. The number of hydrogen-bond acceptors (Lipinski definition) is 3. The summed E-state index contributed by atoms with van der Waals surface area (Å²) in [5.41, 5.74) is -0.741. The van der Waals surface area contributed by atoms with E-state index in [2.05, 4.69) is 11.4 Å². The number of nitrogens with zero attached hydrogens (tertiary/aromatic N) is 1. The maximum Gasteiger partial charge on any atom is 0.325 e. The van der Waals surface area contributed by atoms with Gasteiger partial charge in [0.2, 0.25) is 0 Å². The van der Waals surface area contributed by atoms with Gasteiger partial charge in [0.25, 0.3) is 5.91 Å². The molecule has 3 amide bonds. The summed E-state index contributed by atoms with van der Waals surface area (Å²) in [6.45, 7) is 5.97. The molecule has 0 spiro atoms. The van der Waals surface area contributed by atoms with Gasteiger partial charge in [0.1, 0.15) is 5.54 Å². The Morgan fingerprint density at radius 2 is 2.12 bits per heavy atom. The fraction of sp³-hybridized carbons (Fsp3) is 0.667. The molecule has 1 N–H and O–H groups in total. The van der Waals surface area contributed by atoms with Crippen LogP contribution in [0, 0.1) is 0 Å². The fourth-order valence-electron chi connectivity index (χ4n) is 1.59. The Morgan fingerprint density at radius 1 is 1.41 bits per heavy atom. The van der Waals surface area contributed by atoms with Crippen LogP contribution in [0.5, 0.6) is 0 Å². The van der Waals surface area contributed by atoms with E-state index >= 15 is 0 Å². The molecule has 0 saturated carbocycles. The van der Waals surface area contributed by atoms with Crippen molar-refractivity contribution in [2.45, 2.75) is 32.7 Å². The molecule has 17 heavy (non-hydrogen) atoms. The van der Waals surface area contributed by atoms with Crippen LogP contribution in [0.1, 0.15) is 27.2 Å². The molecule has 1 saturated heterocycles. The van der Waals surface area contributed by atoms with Crippen LogP contribution in [0.15, 0.2) is 12.2 Å². The first kappa shape index (κ1) is 14.1. The Kier molecular flexibility index (Phi) is 5.05. The molecule has 0 aliphatic carbocycles. The van der Waals surface area contributed by atoms with E-state index < -0.39 is 5.54 Å². The summed E-state index contributed by atoms with van der Waals surface area (Å²) < 4.78 is 0. The summed E-state index contributed by atoms with van der Waals surface area (Å²) in [5, 5.41) is 2.67.